The van der Waals surface area contributed by atoms with Crippen LogP contribution in [0.5, 0.6) is 5.75 Å². The summed E-state index contributed by atoms with van der Waals surface area (Å²) >= 11 is 3.38. The lowest BCUT2D eigenvalue weighted by Crippen LogP contribution is -2.45. The van der Waals surface area contributed by atoms with Crippen molar-refractivity contribution in [2.75, 3.05) is 12.4 Å². The van der Waals surface area contributed by atoms with E-state index in [2.05, 4.69) is 21.2 Å². The lowest BCUT2D eigenvalue weighted by Gasteiger charge is -2.24. The summed E-state index contributed by atoms with van der Waals surface area (Å²) in [7, 11) is 1.57. The number of rotatable bonds is 4. The number of benzene rings is 2. The number of nitrogens with two attached hydrogens (primary N) is 1. The molecule has 0 aliphatic rings. The fourth-order valence-corrected chi connectivity index (χ4v) is 2.40. The second-order valence-corrected chi connectivity index (χ2v) is 5.82. The van der Waals surface area contributed by atoms with E-state index in [1.54, 1.807) is 26.2 Å². The zero-order valence-electron chi connectivity index (χ0n) is 11.9. The van der Waals surface area contributed by atoms with Crippen LogP contribution in [0.3, 0.4) is 0 Å². The predicted molar refractivity (Wildman–Crippen MR) is 87.3 cm³/mol. The van der Waals surface area contributed by atoms with Gasteiger partial charge in [0.05, 0.1) is 7.11 Å². The van der Waals surface area contributed by atoms with Crippen molar-refractivity contribution in [2.24, 2.45) is 5.73 Å². The van der Waals surface area contributed by atoms with Crippen LogP contribution in [-0.2, 0) is 10.3 Å². The van der Waals surface area contributed by atoms with E-state index in [4.69, 9.17) is 10.5 Å². The molecule has 0 aliphatic carbocycles. The molecule has 1 atom stereocenters. The second kappa shape index (κ2) is 6.28. The molecule has 21 heavy (non-hydrogen) atoms. The van der Waals surface area contributed by atoms with Crippen LogP contribution in [0.2, 0.25) is 0 Å². The molecule has 1 unspecified atom stereocenters. The molecular formula is C16H17BrN2O2. The highest BCUT2D eigenvalue weighted by molar-refractivity contribution is 9.10. The number of hydrogen-bond donors (Lipinski definition) is 2. The van der Waals surface area contributed by atoms with E-state index in [9.17, 15) is 4.79 Å². The molecule has 0 heterocycles. The minimum absolute atomic E-state index is 0.283. The van der Waals surface area contributed by atoms with Gasteiger partial charge in [0.1, 0.15) is 11.3 Å². The summed E-state index contributed by atoms with van der Waals surface area (Å²) < 4.78 is 5.99. The first-order valence-electron chi connectivity index (χ1n) is 6.44. The Kier molecular flexibility index (Phi) is 4.65. The number of carbonyl (C=O) groups excluding carboxylic acids is 1. The van der Waals surface area contributed by atoms with Crippen molar-refractivity contribution in [3.63, 3.8) is 0 Å². The molecule has 5 heteroatoms. The molecule has 0 saturated heterocycles. The number of anilines is 1. The summed E-state index contributed by atoms with van der Waals surface area (Å²) in [6.45, 7) is 1.69. The zero-order valence-corrected chi connectivity index (χ0v) is 13.5. The standard InChI is InChI=1S/C16H17BrN2O2/c1-16(18,11-6-4-3-5-7-11)15(20)19-13-8-12(17)9-14(10-13)21-2/h3-10H,18H2,1-2H3,(H,19,20). The van der Waals surface area contributed by atoms with E-state index in [0.717, 1.165) is 10.0 Å². The first kappa shape index (κ1) is 15.5. The van der Waals surface area contributed by atoms with Crippen molar-refractivity contribution < 1.29 is 9.53 Å². The van der Waals surface area contributed by atoms with Crippen LogP contribution < -0.4 is 15.8 Å². The largest absolute Gasteiger partial charge is 0.497 e. The number of nitrogens with one attached hydrogen (secondary N) is 1. The number of halogens is 1. The van der Waals surface area contributed by atoms with E-state index < -0.39 is 5.54 Å². The normalized spacial score (nSPS) is 13.3. The summed E-state index contributed by atoms with van der Waals surface area (Å²) in [6.07, 6.45) is 0. The SMILES string of the molecule is COc1cc(Br)cc(NC(=O)C(C)(N)c2ccccc2)c1. The summed E-state index contributed by atoms with van der Waals surface area (Å²) in [5.74, 6) is 0.368. The van der Waals surface area contributed by atoms with Gasteiger partial charge in [0.25, 0.3) is 0 Å². The fourth-order valence-electron chi connectivity index (χ4n) is 1.93. The van der Waals surface area contributed by atoms with Gasteiger partial charge < -0.3 is 15.8 Å². The number of ether oxygens (including phenoxy) is 1. The van der Waals surface area contributed by atoms with E-state index in [0.29, 0.717) is 11.4 Å². The number of carbonyl (C=O) groups is 1. The molecule has 0 bridgehead atoms. The molecule has 2 aromatic rings. The highest BCUT2D eigenvalue weighted by atomic mass is 79.9. The Morgan fingerprint density at radius 1 is 1.24 bits per heavy atom. The lowest BCUT2D eigenvalue weighted by atomic mass is 9.92. The third kappa shape index (κ3) is 3.62. The lowest BCUT2D eigenvalue weighted by molar-refractivity contribution is -0.120. The number of hydrogen-bond acceptors (Lipinski definition) is 3. The molecule has 0 radical (unpaired) electrons. The molecule has 1 amide bonds. The Labute approximate surface area is 132 Å². The highest BCUT2D eigenvalue weighted by Crippen LogP contribution is 2.26. The van der Waals surface area contributed by atoms with Crippen LogP contribution >= 0.6 is 15.9 Å². The third-order valence-electron chi connectivity index (χ3n) is 3.21. The van der Waals surface area contributed by atoms with Gasteiger partial charge in [0, 0.05) is 16.2 Å². The van der Waals surface area contributed by atoms with Crippen molar-refractivity contribution in [2.45, 2.75) is 12.5 Å². The smallest absolute Gasteiger partial charge is 0.248 e. The zero-order chi connectivity index (χ0) is 15.5. The Bertz CT molecular complexity index is 642. The molecule has 2 aromatic carbocycles. The van der Waals surface area contributed by atoms with Crippen molar-refractivity contribution in [1.82, 2.24) is 0 Å². The van der Waals surface area contributed by atoms with Gasteiger partial charge in [-0.05, 0) is 24.6 Å². The van der Waals surface area contributed by atoms with E-state index in [-0.39, 0.29) is 5.91 Å². The molecule has 0 saturated carbocycles. The van der Waals surface area contributed by atoms with Crippen LogP contribution in [-0.4, -0.2) is 13.0 Å². The van der Waals surface area contributed by atoms with E-state index >= 15 is 0 Å². The first-order chi connectivity index (χ1) is 9.93. The molecule has 0 aliphatic heterocycles. The Hall–Kier alpha value is -1.85. The molecule has 110 valence electrons. The van der Waals surface area contributed by atoms with Gasteiger partial charge in [-0.15, -0.1) is 0 Å². The Balaban J connectivity index is 2.23. The van der Waals surface area contributed by atoms with E-state index in [1.807, 2.05) is 36.4 Å². The maximum atomic E-state index is 12.5. The monoisotopic (exact) mass is 348 g/mol. The molecule has 0 aromatic heterocycles. The maximum Gasteiger partial charge on any atom is 0.248 e. The van der Waals surface area contributed by atoms with Crippen LogP contribution in [0.15, 0.2) is 53.0 Å². The average molecular weight is 349 g/mol. The van der Waals surface area contributed by atoms with Gasteiger partial charge in [0.2, 0.25) is 5.91 Å². The van der Waals surface area contributed by atoms with Crippen LogP contribution in [0.25, 0.3) is 0 Å². The van der Waals surface area contributed by atoms with Crippen molar-refractivity contribution in [3.8, 4) is 5.75 Å². The topological polar surface area (TPSA) is 64.3 Å². The molecule has 0 spiro atoms. The van der Waals surface area contributed by atoms with Gasteiger partial charge >= 0.3 is 0 Å². The van der Waals surface area contributed by atoms with E-state index in [1.165, 1.54) is 0 Å². The van der Waals surface area contributed by atoms with Gasteiger partial charge in [-0.25, -0.2) is 0 Å². The van der Waals surface area contributed by atoms with Crippen LogP contribution in [0.4, 0.5) is 5.69 Å². The third-order valence-corrected chi connectivity index (χ3v) is 3.67. The maximum absolute atomic E-state index is 12.5. The predicted octanol–water partition coefficient (Wildman–Crippen LogP) is 3.27. The molecule has 4 nitrogen and oxygen atoms in total. The average Bonchev–Trinajstić information content (AvgIpc) is 2.47. The Morgan fingerprint density at radius 2 is 1.90 bits per heavy atom. The summed E-state index contributed by atoms with van der Waals surface area (Å²) in [6, 6.07) is 14.6. The second-order valence-electron chi connectivity index (χ2n) is 4.90. The summed E-state index contributed by atoms with van der Waals surface area (Å²) in [5.41, 5.74) is 6.45. The number of amides is 1. The van der Waals surface area contributed by atoms with Crippen molar-refractivity contribution in [1.29, 1.82) is 0 Å². The highest BCUT2D eigenvalue weighted by Gasteiger charge is 2.30. The molecule has 3 N–H and O–H groups in total. The minimum Gasteiger partial charge on any atom is -0.497 e. The molecule has 2 rings (SSSR count). The fraction of sp³-hybridized carbons (Fsp3) is 0.188. The van der Waals surface area contributed by atoms with Crippen LogP contribution in [0, 0.1) is 0 Å². The van der Waals surface area contributed by atoms with Gasteiger partial charge in [0.15, 0.2) is 0 Å². The van der Waals surface area contributed by atoms with Gasteiger partial charge in [-0.3, -0.25) is 4.79 Å². The van der Waals surface area contributed by atoms with Crippen molar-refractivity contribution >= 4 is 27.5 Å². The number of methoxy groups -OCH3 is 1. The van der Waals surface area contributed by atoms with Gasteiger partial charge in [-0.1, -0.05) is 46.3 Å². The van der Waals surface area contributed by atoms with Crippen LogP contribution in [0.1, 0.15) is 12.5 Å². The quantitative estimate of drug-likeness (QED) is 0.891. The summed E-state index contributed by atoms with van der Waals surface area (Å²) in [5, 5.41) is 2.82. The molecular weight excluding hydrogens is 332 g/mol. The van der Waals surface area contributed by atoms with Crippen molar-refractivity contribution in [3.05, 3.63) is 58.6 Å². The summed E-state index contributed by atoms with van der Waals surface area (Å²) in [4.78, 5) is 12.5. The Morgan fingerprint density at radius 3 is 2.52 bits per heavy atom. The van der Waals surface area contributed by atoms with Gasteiger partial charge in [-0.2, -0.15) is 0 Å². The molecule has 0 fully saturated rings. The first-order valence-corrected chi connectivity index (χ1v) is 7.23. The minimum atomic E-state index is -1.11.